The van der Waals surface area contributed by atoms with Crippen LogP contribution in [0.4, 0.5) is 0 Å². The van der Waals surface area contributed by atoms with E-state index in [4.69, 9.17) is 4.74 Å². The van der Waals surface area contributed by atoms with Gasteiger partial charge in [-0.2, -0.15) is 0 Å². The van der Waals surface area contributed by atoms with E-state index in [0.717, 1.165) is 24.3 Å². The zero-order valence-electron chi connectivity index (χ0n) is 9.37. The van der Waals surface area contributed by atoms with Gasteiger partial charge < -0.3 is 9.84 Å². The van der Waals surface area contributed by atoms with Crippen molar-refractivity contribution < 1.29 is 9.84 Å². The van der Waals surface area contributed by atoms with E-state index in [1.165, 1.54) is 19.3 Å². The van der Waals surface area contributed by atoms with Crippen LogP contribution < -0.4 is 9.84 Å². The fraction of sp³-hybridized carbons (Fsp3) is 0.538. The van der Waals surface area contributed by atoms with Crippen LogP contribution in [0.25, 0.3) is 0 Å². The van der Waals surface area contributed by atoms with E-state index in [9.17, 15) is 5.11 Å². The minimum Gasteiger partial charge on any atom is -0.851 e. The molecule has 2 heteroatoms. The van der Waals surface area contributed by atoms with Crippen molar-refractivity contribution in [3.05, 3.63) is 29.8 Å². The van der Waals surface area contributed by atoms with Crippen LogP contribution in [0.1, 0.15) is 38.2 Å². The summed E-state index contributed by atoms with van der Waals surface area (Å²) >= 11 is 0. The van der Waals surface area contributed by atoms with Crippen molar-refractivity contribution in [3.63, 3.8) is 0 Å². The molecule has 0 radical (unpaired) electrons. The van der Waals surface area contributed by atoms with Crippen LogP contribution in [-0.4, -0.2) is 6.61 Å². The molecule has 0 unspecified atom stereocenters. The molecule has 0 bridgehead atoms. The molecule has 1 aromatic carbocycles. The Balaban J connectivity index is 2.20. The van der Waals surface area contributed by atoms with E-state index in [-0.39, 0.29) is 6.61 Å². The number of benzene rings is 1. The second-order valence-electron chi connectivity index (χ2n) is 3.70. The number of hydrogen-bond acceptors (Lipinski definition) is 2. The van der Waals surface area contributed by atoms with Crippen LogP contribution in [0.3, 0.4) is 0 Å². The van der Waals surface area contributed by atoms with Crippen LogP contribution in [0.15, 0.2) is 24.3 Å². The van der Waals surface area contributed by atoms with Gasteiger partial charge in [0.05, 0.1) is 6.61 Å². The minimum absolute atomic E-state index is 0.156. The molecule has 84 valence electrons. The van der Waals surface area contributed by atoms with Gasteiger partial charge in [0.2, 0.25) is 0 Å². The lowest BCUT2D eigenvalue weighted by atomic mass is 10.2. The molecule has 0 aromatic heterocycles. The summed E-state index contributed by atoms with van der Waals surface area (Å²) in [4.78, 5) is 0. The highest BCUT2D eigenvalue weighted by molar-refractivity contribution is 5.26. The molecule has 15 heavy (non-hydrogen) atoms. The second kappa shape index (κ2) is 7.30. The molecule has 1 rings (SSSR count). The van der Waals surface area contributed by atoms with Gasteiger partial charge in [-0.3, -0.25) is 0 Å². The maximum Gasteiger partial charge on any atom is 0.119 e. The Labute approximate surface area is 91.9 Å². The molecular weight excluding hydrogens is 188 g/mol. The molecule has 0 saturated carbocycles. The molecule has 0 aliphatic heterocycles. The molecule has 0 heterocycles. The van der Waals surface area contributed by atoms with Crippen molar-refractivity contribution in [3.8, 4) is 5.75 Å². The third-order valence-corrected chi connectivity index (χ3v) is 2.36. The molecule has 2 nitrogen and oxygen atoms in total. The monoisotopic (exact) mass is 207 g/mol. The van der Waals surface area contributed by atoms with Gasteiger partial charge in [-0.1, -0.05) is 43.9 Å². The SMILES string of the molecule is CCCCCCOc1ccc(C[O-])cc1. The predicted octanol–water partition coefficient (Wildman–Crippen LogP) is 2.51. The summed E-state index contributed by atoms with van der Waals surface area (Å²) in [5.41, 5.74) is 0.813. The minimum atomic E-state index is -0.156. The van der Waals surface area contributed by atoms with E-state index < -0.39 is 0 Å². The first kappa shape index (κ1) is 12.1. The Morgan fingerprint density at radius 2 is 1.80 bits per heavy atom. The summed E-state index contributed by atoms with van der Waals surface area (Å²) < 4.78 is 5.55. The van der Waals surface area contributed by atoms with Crippen molar-refractivity contribution in [2.24, 2.45) is 0 Å². The Morgan fingerprint density at radius 1 is 1.07 bits per heavy atom. The molecule has 0 spiro atoms. The van der Waals surface area contributed by atoms with E-state index in [0.29, 0.717) is 0 Å². The largest absolute Gasteiger partial charge is 0.851 e. The normalized spacial score (nSPS) is 10.3. The average molecular weight is 207 g/mol. The summed E-state index contributed by atoms with van der Waals surface area (Å²) in [6, 6.07) is 7.39. The quantitative estimate of drug-likeness (QED) is 0.643. The first-order valence-electron chi connectivity index (χ1n) is 5.66. The fourth-order valence-electron chi connectivity index (χ4n) is 1.40. The molecule has 0 aliphatic carbocycles. The van der Waals surface area contributed by atoms with Crippen molar-refractivity contribution in [1.82, 2.24) is 0 Å². The van der Waals surface area contributed by atoms with Gasteiger partial charge >= 0.3 is 0 Å². The van der Waals surface area contributed by atoms with E-state index >= 15 is 0 Å². The molecule has 0 saturated heterocycles. The number of rotatable bonds is 7. The Bertz CT molecular complexity index is 254. The Morgan fingerprint density at radius 3 is 2.40 bits per heavy atom. The molecule has 0 aliphatic rings. The second-order valence-corrected chi connectivity index (χ2v) is 3.70. The summed E-state index contributed by atoms with van der Waals surface area (Å²) in [6.07, 6.45) is 4.86. The summed E-state index contributed by atoms with van der Waals surface area (Å²) in [5, 5.41) is 10.5. The summed E-state index contributed by atoms with van der Waals surface area (Å²) in [5.74, 6) is 0.865. The van der Waals surface area contributed by atoms with Crippen LogP contribution in [-0.2, 0) is 6.61 Å². The topological polar surface area (TPSA) is 32.3 Å². The standard InChI is InChI=1S/C13H19O2/c1-2-3-4-5-10-15-13-8-6-12(11-14)7-9-13/h6-9H,2-5,10-11H2,1H3/q-1. The van der Waals surface area contributed by atoms with Crippen LogP contribution in [0, 0.1) is 0 Å². The van der Waals surface area contributed by atoms with E-state index in [1.807, 2.05) is 24.3 Å². The molecule has 0 amide bonds. The van der Waals surface area contributed by atoms with Crippen molar-refractivity contribution >= 4 is 0 Å². The van der Waals surface area contributed by atoms with E-state index in [1.54, 1.807) is 0 Å². The predicted molar refractivity (Wildman–Crippen MR) is 59.8 cm³/mol. The molecule has 0 fully saturated rings. The third-order valence-electron chi connectivity index (χ3n) is 2.36. The first-order valence-corrected chi connectivity index (χ1v) is 5.66. The summed E-state index contributed by atoms with van der Waals surface area (Å²) in [7, 11) is 0. The number of hydrogen-bond donors (Lipinski definition) is 0. The fourth-order valence-corrected chi connectivity index (χ4v) is 1.40. The lowest BCUT2D eigenvalue weighted by Gasteiger charge is -2.08. The van der Waals surface area contributed by atoms with Gasteiger partial charge in [-0.15, -0.1) is 6.61 Å². The van der Waals surface area contributed by atoms with Gasteiger partial charge in [0, 0.05) is 0 Å². The van der Waals surface area contributed by atoms with Crippen molar-refractivity contribution in [2.45, 2.75) is 39.2 Å². The smallest absolute Gasteiger partial charge is 0.119 e. The zero-order chi connectivity index (χ0) is 10.9. The maximum absolute atomic E-state index is 10.5. The molecule has 0 N–H and O–H groups in total. The Kier molecular flexibility index (Phi) is 5.86. The number of unbranched alkanes of at least 4 members (excludes halogenated alkanes) is 3. The third kappa shape index (κ3) is 4.84. The zero-order valence-corrected chi connectivity index (χ0v) is 9.37. The first-order chi connectivity index (χ1) is 7.36. The molecule has 0 atom stereocenters. The molecule has 1 aromatic rings. The summed E-state index contributed by atoms with van der Waals surface area (Å²) in [6.45, 7) is 2.82. The lowest BCUT2D eigenvalue weighted by Crippen LogP contribution is -2.02. The van der Waals surface area contributed by atoms with E-state index in [2.05, 4.69) is 6.92 Å². The van der Waals surface area contributed by atoms with Crippen LogP contribution >= 0.6 is 0 Å². The molecular formula is C13H19O2-. The highest BCUT2D eigenvalue weighted by atomic mass is 16.5. The lowest BCUT2D eigenvalue weighted by molar-refractivity contribution is -0.386. The van der Waals surface area contributed by atoms with Gasteiger partial charge in [-0.25, -0.2) is 0 Å². The van der Waals surface area contributed by atoms with Gasteiger partial charge in [0.15, 0.2) is 0 Å². The van der Waals surface area contributed by atoms with Gasteiger partial charge in [-0.05, 0) is 18.6 Å². The highest BCUT2D eigenvalue weighted by Crippen LogP contribution is 2.12. The van der Waals surface area contributed by atoms with Crippen molar-refractivity contribution in [1.29, 1.82) is 0 Å². The van der Waals surface area contributed by atoms with Gasteiger partial charge in [0.25, 0.3) is 0 Å². The average Bonchev–Trinajstić information content (AvgIpc) is 2.30. The highest BCUT2D eigenvalue weighted by Gasteiger charge is 1.93. The van der Waals surface area contributed by atoms with Crippen LogP contribution in [0.5, 0.6) is 5.75 Å². The maximum atomic E-state index is 10.5. The Hall–Kier alpha value is -1.02. The van der Waals surface area contributed by atoms with Gasteiger partial charge in [0.1, 0.15) is 5.75 Å². The van der Waals surface area contributed by atoms with Crippen molar-refractivity contribution in [2.75, 3.05) is 6.61 Å². The number of ether oxygens (including phenoxy) is 1. The van der Waals surface area contributed by atoms with Crippen LogP contribution in [0.2, 0.25) is 0 Å².